The number of hydrogen-bond donors (Lipinski definition) is 0. The molecule has 0 saturated carbocycles. The summed E-state index contributed by atoms with van der Waals surface area (Å²) in [4.78, 5) is 5.81. The van der Waals surface area contributed by atoms with Crippen LogP contribution in [0.15, 0.2) is 70.6 Å². The summed E-state index contributed by atoms with van der Waals surface area (Å²) in [7, 11) is 0. The largest absolute Gasteiger partial charge is 0.293 e. The van der Waals surface area contributed by atoms with Gasteiger partial charge in [0, 0.05) is 16.4 Å². The van der Waals surface area contributed by atoms with Crippen molar-refractivity contribution in [3.05, 3.63) is 66.2 Å². The molecule has 98 valence electrons. The van der Waals surface area contributed by atoms with Crippen molar-refractivity contribution in [2.24, 2.45) is 4.99 Å². The maximum atomic E-state index is 4.48. The Kier molecular flexibility index (Phi) is 5.70. The fraction of sp³-hybridized carbons (Fsp3) is 0.235. The number of nitrogens with zero attached hydrogens (tertiary/aromatic N) is 1. The van der Waals surface area contributed by atoms with Gasteiger partial charge in [-0.3, -0.25) is 4.99 Å². The van der Waals surface area contributed by atoms with Crippen molar-refractivity contribution in [2.45, 2.75) is 30.0 Å². The molecule has 2 heteroatoms. The summed E-state index contributed by atoms with van der Waals surface area (Å²) in [6, 6.07) is 20.9. The minimum Gasteiger partial charge on any atom is -0.293 e. The van der Waals surface area contributed by atoms with Gasteiger partial charge in [-0.15, -0.1) is 11.8 Å². The van der Waals surface area contributed by atoms with Crippen molar-refractivity contribution >= 4 is 18.0 Å². The van der Waals surface area contributed by atoms with Crippen molar-refractivity contribution in [1.82, 2.24) is 0 Å². The molecule has 0 N–H and O–H groups in total. The molecule has 2 rings (SSSR count). The minimum absolute atomic E-state index is 0.557. The third kappa shape index (κ3) is 5.31. The zero-order chi connectivity index (χ0) is 13.3. The molecular weight excluding hydrogens is 250 g/mol. The van der Waals surface area contributed by atoms with Crippen molar-refractivity contribution in [1.29, 1.82) is 0 Å². The molecule has 1 nitrogen and oxygen atoms in total. The molecule has 0 aliphatic rings. The third-order valence-electron chi connectivity index (χ3n) is 2.76. The van der Waals surface area contributed by atoms with Crippen LogP contribution in [-0.2, 0) is 6.54 Å². The standard InChI is InChI=1S/C17H19NS/c1-15(19-17-10-6-3-7-11-17)12-13-18-14-16-8-4-2-5-9-16/h2-11,13,15H,12,14H2,1H3. The highest BCUT2D eigenvalue weighted by Gasteiger charge is 2.01. The van der Waals surface area contributed by atoms with Crippen LogP contribution in [0.1, 0.15) is 18.9 Å². The van der Waals surface area contributed by atoms with E-state index in [0.29, 0.717) is 5.25 Å². The second kappa shape index (κ2) is 7.80. The molecular formula is C17H19NS. The van der Waals surface area contributed by atoms with Gasteiger partial charge in [0.15, 0.2) is 0 Å². The average Bonchev–Trinajstić information content (AvgIpc) is 2.46. The number of thioether (sulfide) groups is 1. The van der Waals surface area contributed by atoms with Crippen molar-refractivity contribution in [3.63, 3.8) is 0 Å². The molecule has 0 bridgehead atoms. The maximum Gasteiger partial charge on any atom is 0.0635 e. The summed E-state index contributed by atoms with van der Waals surface area (Å²) in [6.07, 6.45) is 3.06. The van der Waals surface area contributed by atoms with Gasteiger partial charge in [-0.2, -0.15) is 0 Å². The van der Waals surface area contributed by atoms with Crippen LogP contribution >= 0.6 is 11.8 Å². The van der Waals surface area contributed by atoms with E-state index in [-0.39, 0.29) is 0 Å². The van der Waals surface area contributed by atoms with Gasteiger partial charge < -0.3 is 0 Å². The first-order valence-electron chi connectivity index (χ1n) is 6.58. The Morgan fingerprint density at radius 2 is 1.63 bits per heavy atom. The van der Waals surface area contributed by atoms with Crippen LogP contribution in [0.2, 0.25) is 0 Å². The van der Waals surface area contributed by atoms with E-state index in [1.54, 1.807) is 0 Å². The van der Waals surface area contributed by atoms with Gasteiger partial charge in [-0.1, -0.05) is 55.5 Å². The topological polar surface area (TPSA) is 12.4 Å². The first kappa shape index (κ1) is 13.9. The molecule has 0 fully saturated rings. The van der Waals surface area contributed by atoms with Crippen LogP contribution in [0.3, 0.4) is 0 Å². The molecule has 1 atom stereocenters. The number of benzene rings is 2. The van der Waals surface area contributed by atoms with Crippen LogP contribution in [0.4, 0.5) is 0 Å². The van der Waals surface area contributed by atoms with Gasteiger partial charge in [0.25, 0.3) is 0 Å². The highest BCUT2D eigenvalue weighted by Crippen LogP contribution is 2.23. The molecule has 0 aliphatic carbocycles. The Balaban J connectivity index is 1.73. The Bertz CT molecular complexity index is 493. The van der Waals surface area contributed by atoms with Crippen molar-refractivity contribution in [2.75, 3.05) is 0 Å². The lowest BCUT2D eigenvalue weighted by atomic mass is 10.2. The third-order valence-corrected chi connectivity index (χ3v) is 3.90. The van der Waals surface area contributed by atoms with Crippen molar-refractivity contribution in [3.8, 4) is 0 Å². The summed E-state index contributed by atoms with van der Waals surface area (Å²) in [5.74, 6) is 0. The first-order valence-corrected chi connectivity index (χ1v) is 7.46. The predicted octanol–water partition coefficient (Wildman–Crippen LogP) is 4.83. The van der Waals surface area contributed by atoms with Crippen LogP contribution in [0, 0.1) is 0 Å². The summed E-state index contributed by atoms with van der Waals surface area (Å²) >= 11 is 1.90. The zero-order valence-electron chi connectivity index (χ0n) is 11.2. The molecule has 1 unspecified atom stereocenters. The van der Waals surface area contributed by atoms with E-state index < -0.39 is 0 Å². The molecule has 0 aromatic heterocycles. The predicted molar refractivity (Wildman–Crippen MR) is 85.0 cm³/mol. The lowest BCUT2D eigenvalue weighted by molar-refractivity contribution is 1.00. The number of aliphatic imine (C=N–C) groups is 1. The molecule has 0 spiro atoms. The maximum absolute atomic E-state index is 4.48. The smallest absolute Gasteiger partial charge is 0.0635 e. The van der Waals surface area contributed by atoms with Gasteiger partial charge in [-0.25, -0.2) is 0 Å². The van der Waals surface area contributed by atoms with Gasteiger partial charge in [0.05, 0.1) is 6.54 Å². The van der Waals surface area contributed by atoms with Crippen LogP contribution in [-0.4, -0.2) is 11.5 Å². The Morgan fingerprint density at radius 3 is 2.32 bits per heavy atom. The van der Waals surface area contributed by atoms with E-state index in [1.165, 1.54) is 10.5 Å². The van der Waals surface area contributed by atoms with E-state index in [9.17, 15) is 0 Å². The molecule has 0 radical (unpaired) electrons. The lowest BCUT2D eigenvalue weighted by Crippen LogP contribution is -1.96. The van der Waals surface area contributed by atoms with E-state index in [1.807, 2.05) is 24.0 Å². The summed E-state index contributed by atoms with van der Waals surface area (Å²) in [5, 5.41) is 0.557. The van der Waals surface area contributed by atoms with Gasteiger partial charge in [-0.05, 0) is 24.1 Å². The highest BCUT2D eigenvalue weighted by atomic mass is 32.2. The van der Waals surface area contributed by atoms with Gasteiger partial charge >= 0.3 is 0 Å². The Hall–Kier alpha value is -1.54. The van der Waals surface area contributed by atoms with Crippen molar-refractivity contribution < 1.29 is 0 Å². The van der Waals surface area contributed by atoms with Crippen LogP contribution < -0.4 is 0 Å². The highest BCUT2D eigenvalue weighted by molar-refractivity contribution is 8.00. The molecule has 2 aromatic carbocycles. The number of rotatable bonds is 6. The van der Waals surface area contributed by atoms with E-state index in [0.717, 1.165) is 13.0 Å². The fourth-order valence-corrected chi connectivity index (χ4v) is 2.72. The summed E-state index contributed by atoms with van der Waals surface area (Å²) in [6.45, 7) is 3.02. The van der Waals surface area contributed by atoms with E-state index in [2.05, 4.69) is 66.5 Å². The molecule has 0 amide bonds. The fourth-order valence-electron chi connectivity index (χ4n) is 1.76. The minimum atomic E-state index is 0.557. The SMILES string of the molecule is CC(CC=NCc1ccccc1)Sc1ccccc1. The summed E-state index contributed by atoms with van der Waals surface area (Å²) in [5.41, 5.74) is 1.27. The van der Waals surface area contributed by atoms with Crippen LogP contribution in [0.25, 0.3) is 0 Å². The molecule has 2 aromatic rings. The molecule has 0 heterocycles. The number of hydrogen-bond acceptors (Lipinski definition) is 2. The quantitative estimate of drug-likeness (QED) is 0.540. The zero-order valence-corrected chi connectivity index (χ0v) is 12.0. The van der Waals surface area contributed by atoms with Crippen LogP contribution in [0.5, 0.6) is 0 Å². The summed E-state index contributed by atoms with van der Waals surface area (Å²) < 4.78 is 0. The molecule has 0 saturated heterocycles. The normalized spacial score (nSPS) is 12.7. The average molecular weight is 269 g/mol. The van der Waals surface area contributed by atoms with E-state index in [4.69, 9.17) is 0 Å². The monoisotopic (exact) mass is 269 g/mol. The lowest BCUT2D eigenvalue weighted by Gasteiger charge is -2.07. The van der Waals surface area contributed by atoms with Gasteiger partial charge in [0.1, 0.15) is 0 Å². The first-order chi connectivity index (χ1) is 9.34. The van der Waals surface area contributed by atoms with Gasteiger partial charge in [0.2, 0.25) is 0 Å². The molecule has 19 heavy (non-hydrogen) atoms. The second-order valence-electron chi connectivity index (χ2n) is 4.49. The molecule has 0 aliphatic heterocycles. The Labute approximate surface area is 119 Å². The second-order valence-corrected chi connectivity index (χ2v) is 6.00. The Morgan fingerprint density at radius 1 is 1.00 bits per heavy atom. The van der Waals surface area contributed by atoms with E-state index >= 15 is 0 Å².